The second-order valence-electron chi connectivity index (χ2n) is 6.33. The molecule has 5 heteroatoms. The van der Waals surface area contributed by atoms with E-state index in [9.17, 15) is 14.0 Å². The van der Waals surface area contributed by atoms with Crippen molar-refractivity contribution in [2.75, 3.05) is 5.32 Å². The van der Waals surface area contributed by atoms with Gasteiger partial charge in [-0.05, 0) is 56.7 Å². The molecule has 2 aliphatic carbocycles. The first kappa shape index (κ1) is 15.0. The largest absolute Gasteiger partial charge is 0.353 e. The van der Waals surface area contributed by atoms with Crippen LogP contribution in [0.3, 0.4) is 0 Å². The maximum absolute atomic E-state index is 13.1. The van der Waals surface area contributed by atoms with Crippen molar-refractivity contribution < 1.29 is 14.0 Å². The molecule has 0 saturated heterocycles. The molecule has 22 heavy (non-hydrogen) atoms. The number of nitrogens with one attached hydrogen (secondary N) is 2. The number of hydrogen-bond acceptors (Lipinski definition) is 2. The van der Waals surface area contributed by atoms with Gasteiger partial charge in [0.2, 0.25) is 11.8 Å². The summed E-state index contributed by atoms with van der Waals surface area (Å²) >= 11 is 0. The van der Waals surface area contributed by atoms with E-state index in [4.69, 9.17) is 0 Å². The van der Waals surface area contributed by atoms with Gasteiger partial charge in [0.05, 0.1) is 0 Å². The Kier molecular flexibility index (Phi) is 4.41. The third-order valence-corrected chi connectivity index (χ3v) is 4.48. The minimum atomic E-state index is -0.363. The Morgan fingerprint density at radius 1 is 0.955 bits per heavy atom. The minimum absolute atomic E-state index is 0.0406. The summed E-state index contributed by atoms with van der Waals surface area (Å²) in [6.07, 6.45) is 5.11. The first-order chi connectivity index (χ1) is 10.6. The van der Waals surface area contributed by atoms with Gasteiger partial charge in [0.15, 0.2) is 0 Å². The predicted octanol–water partition coefficient (Wildman–Crippen LogP) is 2.85. The molecule has 0 heterocycles. The highest BCUT2D eigenvalue weighted by atomic mass is 19.1. The fraction of sp³-hybridized carbons (Fsp3) is 0.529. The number of carbonyl (C=O) groups excluding carboxylic acids is 2. The molecule has 2 amide bonds. The van der Waals surface area contributed by atoms with Crippen LogP contribution >= 0.6 is 0 Å². The molecular weight excluding hydrogens is 283 g/mol. The second-order valence-corrected chi connectivity index (χ2v) is 6.33. The average Bonchev–Trinajstić information content (AvgIpc) is 3.31. The van der Waals surface area contributed by atoms with Gasteiger partial charge < -0.3 is 10.6 Å². The SMILES string of the molecule is O=C(Nc1cccc(F)c1)C1CCC(C(=O)NC2CC2)CC1. The molecule has 118 valence electrons. The van der Waals surface area contributed by atoms with Gasteiger partial charge >= 0.3 is 0 Å². The third-order valence-electron chi connectivity index (χ3n) is 4.48. The van der Waals surface area contributed by atoms with Crippen LogP contribution in [0.25, 0.3) is 0 Å². The number of hydrogen-bond donors (Lipinski definition) is 2. The molecule has 0 unspecified atom stereocenters. The van der Waals surface area contributed by atoms with Crippen molar-refractivity contribution in [3.8, 4) is 0 Å². The third kappa shape index (κ3) is 3.84. The van der Waals surface area contributed by atoms with Crippen molar-refractivity contribution in [2.45, 2.75) is 44.6 Å². The van der Waals surface area contributed by atoms with E-state index in [0.29, 0.717) is 24.6 Å². The van der Waals surface area contributed by atoms with Crippen LogP contribution in [0.2, 0.25) is 0 Å². The molecule has 2 N–H and O–H groups in total. The Balaban J connectivity index is 1.48. The van der Waals surface area contributed by atoms with Crippen molar-refractivity contribution in [2.24, 2.45) is 11.8 Å². The van der Waals surface area contributed by atoms with Crippen molar-refractivity contribution in [3.63, 3.8) is 0 Å². The number of anilines is 1. The highest BCUT2D eigenvalue weighted by Gasteiger charge is 2.32. The zero-order valence-electron chi connectivity index (χ0n) is 12.5. The Morgan fingerprint density at radius 2 is 1.59 bits per heavy atom. The first-order valence-corrected chi connectivity index (χ1v) is 7.98. The van der Waals surface area contributed by atoms with Crippen LogP contribution in [-0.4, -0.2) is 17.9 Å². The summed E-state index contributed by atoms with van der Waals surface area (Å²) in [5, 5.41) is 5.79. The normalized spacial score (nSPS) is 24.6. The summed E-state index contributed by atoms with van der Waals surface area (Å²) < 4.78 is 13.1. The molecule has 0 aliphatic heterocycles. The molecule has 0 aromatic heterocycles. The lowest BCUT2D eigenvalue weighted by molar-refractivity contribution is -0.128. The highest BCUT2D eigenvalue weighted by molar-refractivity contribution is 5.92. The van der Waals surface area contributed by atoms with Gasteiger partial charge in [-0.2, -0.15) is 0 Å². The number of carbonyl (C=O) groups is 2. The Bertz CT molecular complexity index is 564. The standard InChI is InChI=1S/C17H21FN2O2/c18-13-2-1-3-15(10-13)20-17(22)12-6-4-11(5-7-12)16(21)19-14-8-9-14/h1-3,10-12,14H,4-9H2,(H,19,21)(H,20,22). The molecule has 0 radical (unpaired) electrons. The van der Waals surface area contributed by atoms with Gasteiger partial charge in [0.25, 0.3) is 0 Å². The van der Waals surface area contributed by atoms with Crippen molar-refractivity contribution in [1.29, 1.82) is 0 Å². The lowest BCUT2D eigenvalue weighted by atomic mass is 9.81. The maximum atomic E-state index is 13.1. The molecule has 0 bridgehead atoms. The summed E-state index contributed by atoms with van der Waals surface area (Å²) in [7, 11) is 0. The summed E-state index contributed by atoms with van der Waals surface area (Å²) in [6, 6.07) is 6.30. The Labute approximate surface area is 129 Å². The van der Waals surface area contributed by atoms with Crippen molar-refractivity contribution >= 4 is 17.5 Å². The summed E-state index contributed by atoms with van der Waals surface area (Å²) in [6.45, 7) is 0. The maximum Gasteiger partial charge on any atom is 0.227 e. The van der Waals surface area contributed by atoms with Crippen LogP contribution in [0.1, 0.15) is 38.5 Å². The monoisotopic (exact) mass is 304 g/mol. The molecular formula is C17H21FN2O2. The summed E-state index contributed by atoms with van der Waals surface area (Å²) in [5.74, 6) is -0.344. The summed E-state index contributed by atoms with van der Waals surface area (Å²) in [5.41, 5.74) is 0.485. The van der Waals surface area contributed by atoms with Crippen LogP contribution in [0.15, 0.2) is 24.3 Å². The van der Waals surface area contributed by atoms with E-state index in [-0.39, 0.29) is 29.5 Å². The zero-order chi connectivity index (χ0) is 15.5. The van der Waals surface area contributed by atoms with Crippen LogP contribution < -0.4 is 10.6 Å². The molecule has 2 saturated carbocycles. The first-order valence-electron chi connectivity index (χ1n) is 7.98. The van der Waals surface area contributed by atoms with E-state index in [2.05, 4.69) is 10.6 Å². The molecule has 0 atom stereocenters. The number of halogens is 1. The quantitative estimate of drug-likeness (QED) is 0.898. The molecule has 4 nitrogen and oxygen atoms in total. The fourth-order valence-corrected chi connectivity index (χ4v) is 2.98. The minimum Gasteiger partial charge on any atom is -0.353 e. The lowest BCUT2D eigenvalue weighted by Gasteiger charge is -2.27. The molecule has 1 aromatic carbocycles. The van der Waals surface area contributed by atoms with E-state index in [1.54, 1.807) is 12.1 Å². The van der Waals surface area contributed by atoms with Crippen molar-refractivity contribution in [1.82, 2.24) is 5.32 Å². The lowest BCUT2D eigenvalue weighted by Crippen LogP contribution is -2.36. The number of rotatable bonds is 4. The topological polar surface area (TPSA) is 58.2 Å². The van der Waals surface area contributed by atoms with Crippen LogP contribution in [-0.2, 0) is 9.59 Å². The van der Waals surface area contributed by atoms with Crippen LogP contribution in [0, 0.1) is 17.7 Å². The molecule has 0 spiro atoms. The Morgan fingerprint density at radius 3 is 2.18 bits per heavy atom. The molecule has 2 fully saturated rings. The smallest absolute Gasteiger partial charge is 0.227 e. The van der Waals surface area contributed by atoms with Crippen LogP contribution in [0.5, 0.6) is 0 Å². The van der Waals surface area contributed by atoms with E-state index in [1.165, 1.54) is 12.1 Å². The van der Waals surface area contributed by atoms with Crippen LogP contribution in [0.4, 0.5) is 10.1 Å². The predicted molar refractivity (Wildman–Crippen MR) is 81.6 cm³/mol. The molecule has 1 aromatic rings. The average molecular weight is 304 g/mol. The number of amides is 2. The van der Waals surface area contributed by atoms with Gasteiger partial charge in [0, 0.05) is 23.6 Å². The van der Waals surface area contributed by atoms with Gasteiger partial charge in [-0.1, -0.05) is 6.07 Å². The van der Waals surface area contributed by atoms with Gasteiger partial charge in [-0.15, -0.1) is 0 Å². The van der Waals surface area contributed by atoms with Gasteiger partial charge in [0.1, 0.15) is 5.82 Å². The van der Waals surface area contributed by atoms with Gasteiger partial charge in [-0.25, -0.2) is 4.39 Å². The molecule has 3 rings (SSSR count). The zero-order valence-corrected chi connectivity index (χ0v) is 12.5. The molecule has 2 aliphatic rings. The van der Waals surface area contributed by atoms with E-state index < -0.39 is 0 Å². The van der Waals surface area contributed by atoms with E-state index in [0.717, 1.165) is 25.7 Å². The fourth-order valence-electron chi connectivity index (χ4n) is 2.98. The second kappa shape index (κ2) is 6.46. The summed E-state index contributed by atoms with van der Waals surface area (Å²) in [4.78, 5) is 24.2. The van der Waals surface area contributed by atoms with Crippen molar-refractivity contribution in [3.05, 3.63) is 30.1 Å². The highest BCUT2D eigenvalue weighted by Crippen LogP contribution is 2.31. The van der Waals surface area contributed by atoms with E-state index >= 15 is 0 Å². The Hall–Kier alpha value is -1.91. The van der Waals surface area contributed by atoms with Gasteiger partial charge in [-0.3, -0.25) is 9.59 Å². The van der Waals surface area contributed by atoms with E-state index in [1.807, 2.05) is 0 Å². The number of benzene rings is 1.